The Kier molecular flexibility index (Phi) is 4.44. The highest BCUT2D eigenvalue weighted by molar-refractivity contribution is 6.34. The van der Waals surface area contributed by atoms with Crippen LogP contribution in [-0.2, 0) is 0 Å². The van der Waals surface area contributed by atoms with Gasteiger partial charge in [0, 0.05) is 28.5 Å². The first-order valence-corrected chi connectivity index (χ1v) is 6.45. The van der Waals surface area contributed by atoms with Gasteiger partial charge in [0.1, 0.15) is 0 Å². The molecule has 21 heavy (non-hydrogen) atoms. The average molecular weight is 334 g/mol. The van der Waals surface area contributed by atoms with Crippen LogP contribution in [0.2, 0.25) is 10.0 Å². The van der Waals surface area contributed by atoms with Crippen LogP contribution >= 0.6 is 23.2 Å². The highest BCUT2D eigenvalue weighted by atomic mass is 35.5. The third kappa shape index (κ3) is 3.89. The summed E-state index contributed by atoms with van der Waals surface area (Å²) in [4.78, 5) is 11.8. The molecule has 1 heterocycles. The van der Waals surface area contributed by atoms with E-state index in [1.165, 1.54) is 30.6 Å². The first-order chi connectivity index (χ1) is 9.77. The van der Waals surface area contributed by atoms with Crippen molar-refractivity contribution >= 4 is 34.7 Å². The Balaban J connectivity index is 2.51. The minimum absolute atomic E-state index is 0.0565. The maximum Gasteiger partial charge on any atom is 0.417 e. The molecule has 0 unspecified atom stereocenters. The van der Waals surface area contributed by atoms with E-state index < -0.39 is 17.7 Å². The van der Waals surface area contributed by atoms with Gasteiger partial charge in [-0.3, -0.25) is 9.36 Å². The lowest BCUT2D eigenvalue weighted by molar-refractivity contribution is -0.0690. The fourth-order valence-corrected chi connectivity index (χ4v) is 2.24. The first kappa shape index (κ1) is 15.7. The molecule has 110 valence electrons. The lowest BCUT2D eigenvalue weighted by Gasteiger charge is -2.13. The van der Waals surface area contributed by atoms with Crippen LogP contribution < -0.4 is 0 Å². The van der Waals surface area contributed by atoms with E-state index in [4.69, 9.17) is 23.2 Å². The summed E-state index contributed by atoms with van der Waals surface area (Å²) < 4.78 is 40.5. The van der Waals surface area contributed by atoms with Crippen molar-refractivity contribution in [3.05, 3.63) is 64.4 Å². The van der Waals surface area contributed by atoms with E-state index in [0.717, 1.165) is 16.7 Å². The van der Waals surface area contributed by atoms with Crippen LogP contribution in [0, 0.1) is 0 Å². The van der Waals surface area contributed by atoms with Crippen molar-refractivity contribution in [2.24, 2.45) is 0 Å². The molecule has 0 aliphatic heterocycles. The second kappa shape index (κ2) is 5.95. The Morgan fingerprint density at radius 1 is 1.05 bits per heavy atom. The molecule has 0 aliphatic carbocycles. The van der Waals surface area contributed by atoms with Crippen LogP contribution in [0.15, 0.2) is 48.8 Å². The Labute approximate surface area is 128 Å². The van der Waals surface area contributed by atoms with Crippen molar-refractivity contribution < 1.29 is 18.0 Å². The molecule has 0 fully saturated rings. The molecular formula is C14H8Cl2F3NO. The summed E-state index contributed by atoms with van der Waals surface area (Å²) >= 11 is 11.4. The van der Waals surface area contributed by atoms with E-state index in [2.05, 4.69) is 0 Å². The molecule has 0 N–H and O–H groups in total. The molecule has 0 radical (unpaired) electrons. The number of hydrogen-bond acceptors (Lipinski definition) is 1. The minimum atomic E-state index is -4.71. The molecule has 2 rings (SSSR count). The fraction of sp³-hybridized carbons (Fsp3) is 0.0714. The number of benzene rings is 1. The van der Waals surface area contributed by atoms with E-state index in [9.17, 15) is 18.0 Å². The number of alkyl halides is 3. The number of allylic oxidation sites excluding steroid dienone is 2. The zero-order chi connectivity index (χ0) is 15.6. The van der Waals surface area contributed by atoms with Gasteiger partial charge in [0.2, 0.25) is 0 Å². The zero-order valence-corrected chi connectivity index (χ0v) is 11.9. The number of carbonyl (C=O) groups is 1. The number of carbonyl (C=O) groups excluding carboxylic acids is 1. The van der Waals surface area contributed by atoms with Gasteiger partial charge in [-0.2, -0.15) is 13.2 Å². The molecule has 1 aromatic carbocycles. The molecule has 0 saturated carbocycles. The normalized spacial score (nSPS) is 12.5. The molecule has 0 atom stereocenters. The highest BCUT2D eigenvalue weighted by Crippen LogP contribution is 2.36. The molecule has 0 amide bonds. The van der Waals surface area contributed by atoms with Crippen LogP contribution in [-0.4, -0.2) is 16.7 Å². The Morgan fingerprint density at radius 3 is 2.05 bits per heavy atom. The van der Waals surface area contributed by atoms with Crippen molar-refractivity contribution in [2.75, 3.05) is 0 Å². The van der Waals surface area contributed by atoms with Crippen LogP contribution in [0.25, 0.3) is 5.57 Å². The average Bonchev–Trinajstić information content (AvgIpc) is 2.86. The Hall–Kier alpha value is -1.72. The summed E-state index contributed by atoms with van der Waals surface area (Å²) in [7, 11) is 0. The van der Waals surface area contributed by atoms with Gasteiger partial charge in [-0.05, 0) is 35.9 Å². The smallest absolute Gasteiger partial charge is 0.291 e. The van der Waals surface area contributed by atoms with E-state index in [-0.39, 0.29) is 15.6 Å². The molecule has 0 saturated heterocycles. The first-order valence-electron chi connectivity index (χ1n) is 5.70. The zero-order valence-electron chi connectivity index (χ0n) is 10.4. The summed E-state index contributed by atoms with van der Waals surface area (Å²) in [6.45, 7) is 0. The van der Waals surface area contributed by atoms with Gasteiger partial charge in [-0.1, -0.05) is 23.2 Å². The molecular weight excluding hydrogens is 326 g/mol. The molecule has 1 aromatic heterocycles. The van der Waals surface area contributed by atoms with Gasteiger partial charge in [0.05, 0.1) is 5.57 Å². The van der Waals surface area contributed by atoms with E-state index in [0.29, 0.717) is 6.08 Å². The van der Waals surface area contributed by atoms with Crippen LogP contribution in [0.5, 0.6) is 0 Å². The van der Waals surface area contributed by atoms with E-state index in [1.54, 1.807) is 0 Å². The number of aromatic nitrogens is 1. The topological polar surface area (TPSA) is 22.0 Å². The molecule has 2 aromatic rings. The molecule has 0 spiro atoms. The van der Waals surface area contributed by atoms with Crippen LogP contribution in [0.3, 0.4) is 0 Å². The molecule has 0 bridgehead atoms. The van der Waals surface area contributed by atoms with Crippen molar-refractivity contribution in [1.82, 2.24) is 4.57 Å². The SMILES string of the molecule is O=C(C=C(c1cc(Cl)cc(Cl)c1)C(F)(F)F)n1cccc1. The highest BCUT2D eigenvalue weighted by Gasteiger charge is 2.35. The molecule has 0 aliphatic rings. The number of nitrogens with zero attached hydrogens (tertiary/aromatic N) is 1. The fourth-order valence-electron chi connectivity index (χ4n) is 1.72. The maximum absolute atomic E-state index is 13.2. The van der Waals surface area contributed by atoms with Crippen LogP contribution in [0.1, 0.15) is 10.4 Å². The third-order valence-electron chi connectivity index (χ3n) is 2.61. The maximum atomic E-state index is 13.2. The predicted octanol–water partition coefficient (Wildman–Crippen LogP) is 5.08. The lowest BCUT2D eigenvalue weighted by Crippen LogP contribution is -2.14. The number of hydrogen-bond donors (Lipinski definition) is 0. The van der Waals surface area contributed by atoms with Gasteiger partial charge in [0.15, 0.2) is 0 Å². The second-order valence-corrected chi connectivity index (χ2v) is 5.02. The second-order valence-electron chi connectivity index (χ2n) is 4.14. The summed E-state index contributed by atoms with van der Waals surface area (Å²) in [5, 5.41) is 0.113. The van der Waals surface area contributed by atoms with Crippen molar-refractivity contribution in [1.29, 1.82) is 0 Å². The van der Waals surface area contributed by atoms with E-state index >= 15 is 0 Å². The number of rotatable bonds is 2. The monoisotopic (exact) mass is 333 g/mol. The Bertz CT molecular complexity index is 670. The van der Waals surface area contributed by atoms with Gasteiger partial charge in [-0.15, -0.1) is 0 Å². The van der Waals surface area contributed by atoms with Crippen molar-refractivity contribution in [3.8, 4) is 0 Å². The number of halogens is 5. The van der Waals surface area contributed by atoms with Gasteiger partial charge < -0.3 is 0 Å². The van der Waals surface area contributed by atoms with Crippen molar-refractivity contribution in [3.63, 3.8) is 0 Å². The lowest BCUT2D eigenvalue weighted by atomic mass is 10.0. The van der Waals surface area contributed by atoms with Gasteiger partial charge >= 0.3 is 6.18 Å². The molecule has 7 heteroatoms. The Morgan fingerprint density at radius 2 is 1.57 bits per heavy atom. The van der Waals surface area contributed by atoms with Gasteiger partial charge in [0.25, 0.3) is 5.91 Å². The van der Waals surface area contributed by atoms with Crippen molar-refractivity contribution in [2.45, 2.75) is 6.18 Å². The summed E-state index contributed by atoms with van der Waals surface area (Å²) in [5.74, 6) is -0.816. The summed E-state index contributed by atoms with van der Waals surface area (Å²) in [6, 6.07) is 6.60. The standard InChI is InChI=1S/C14H8Cl2F3NO/c15-10-5-9(6-11(16)7-10)12(14(17,18)19)8-13(21)20-3-1-2-4-20/h1-8H. The molecule has 2 nitrogen and oxygen atoms in total. The third-order valence-corrected chi connectivity index (χ3v) is 3.04. The largest absolute Gasteiger partial charge is 0.417 e. The predicted molar refractivity (Wildman–Crippen MR) is 75.6 cm³/mol. The van der Waals surface area contributed by atoms with Gasteiger partial charge in [-0.25, -0.2) is 0 Å². The van der Waals surface area contributed by atoms with Crippen LogP contribution in [0.4, 0.5) is 13.2 Å². The summed E-state index contributed by atoms with van der Waals surface area (Å²) in [6.07, 6.45) is -1.48. The van der Waals surface area contributed by atoms with E-state index in [1.807, 2.05) is 0 Å². The minimum Gasteiger partial charge on any atom is -0.291 e. The quantitative estimate of drug-likeness (QED) is 0.702. The summed E-state index contributed by atoms with van der Waals surface area (Å²) in [5.41, 5.74) is -1.37.